The Hall–Kier alpha value is -1.37. The standard InChI is InChI=1S/C18H32O6/c1-4-5-6-7-8-9-10-11-12-13-14-21-23-24-22-16-15-20-18(19)17(2)3/h15-16H,2,4-14H2,1,3H3. The quantitative estimate of drug-likeness (QED) is 0.0890. The average molecular weight is 344 g/mol. The molecule has 0 rings (SSSR count). The second kappa shape index (κ2) is 18.0. The molecule has 0 bridgehead atoms. The summed E-state index contributed by atoms with van der Waals surface area (Å²) in [6, 6.07) is 0. The van der Waals surface area contributed by atoms with E-state index in [1.54, 1.807) is 0 Å². The number of carbonyl (C=O) groups is 1. The Morgan fingerprint density at radius 1 is 0.875 bits per heavy atom. The normalized spacial score (nSPS) is 10.9. The van der Waals surface area contributed by atoms with Crippen molar-refractivity contribution >= 4 is 5.97 Å². The Balaban J connectivity index is 3.14. The number of unbranched alkanes of at least 4 members (excludes halogenated alkanes) is 9. The van der Waals surface area contributed by atoms with Crippen LogP contribution in [0.2, 0.25) is 0 Å². The minimum atomic E-state index is -0.548. The van der Waals surface area contributed by atoms with Gasteiger partial charge >= 0.3 is 5.97 Å². The summed E-state index contributed by atoms with van der Waals surface area (Å²) in [6.07, 6.45) is 14.6. The maximum absolute atomic E-state index is 11.0. The molecule has 0 N–H and O–H groups in total. The Labute approximate surface area is 145 Å². The van der Waals surface area contributed by atoms with Crippen molar-refractivity contribution < 1.29 is 29.4 Å². The summed E-state index contributed by atoms with van der Waals surface area (Å²) in [5, 5.41) is 8.58. The number of hydrogen-bond donors (Lipinski definition) is 0. The summed E-state index contributed by atoms with van der Waals surface area (Å²) in [5.41, 5.74) is 0.289. The zero-order valence-electron chi connectivity index (χ0n) is 15.1. The molecule has 0 aromatic heterocycles. The fourth-order valence-corrected chi connectivity index (χ4v) is 1.95. The van der Waals surface area contributed by atoms with Crippen LogP contribution < -0.4 is 0 Å². The molecule has 0 aromatic carbocycles. The smallest absolute Gasteiger partial charge is 0.338 e. The van der Waals surface area contributed by atoms with Crippen molar-refractivity contribution in [2.24, 2.45) is 0 Å². The van der Waals surface area contributed by atoms with E-state index in [4.69, 9.17) is 4.89 Å². The highest BCUT2D eigenvalue weighted by molar-refractivity contribution is 5.87. The third-order valence-corrected chi connectivity index (χ3v) is 3.33. The highest BCUT2D eigenvalue weighted by atomic mass is 17.7. The molecule has 0 spiro atoms. The highest BCUT2D eigenvalue weighted by Crippen LogP contribution is 2.10. The molecule has 6 heteroatoms. The molecule has 0 aliphatic heterocycles. The molecule has 0 saturated carbocycles. The lowest BCUT2D eigenvalue weighted by Gasteiger charge is -2.02. The minimum Gasteiger partial charge on any atom is -0.428 e. The first-order chi connectivity index (χ1) is 11.7. The first-order valence-corrected chi connectivity index (χ1v) is 8.81. The van der Waals surface area contributed by atoms with Gasteiger partial charge in [-0.2, -0.15) is 0 Å². The van der Waals surface area contributed by atoms with Crippen molar-refractivity contribution in [1.29, 1.82) is 0 Å². The van der Waals surface area contributed by atoms with Crippen LogP contribution in [0.15, 0.2) is 24.7 Å². The summed E-state index contributed by atoms with van der Waals surface area (Å²) >= 11 is 0. The van der Waals surface area contributed by atoms with E-state index in [0.29, 0.717) is 6.61 Å². The van der Waals surface area contributed by atoms with Crippen LogP contribution >= 0.6 is 0 Å². The van der Waals surface area contributed by atoms with Crippen molar-refractivity contribution in [3.63, 3.8) is 0 Å². The third-order valence-electron chi connectivity index (χ3n) is 3.33. The summed E-state index contributed by atoms with van der Waals surface area (Å²) in [4.78, 5) is 20.2. The van der Waals surface area contributed by atoms with Gasteiger partial charge in [0.15, 0.2) is 6.26 Å². The average Bonchev–Trinajstić information content (AvgIpc) is 2.57. The molecule has 6 nitrogen and oxygen atoms in total. The summed E-state index contributed by atoms with van der Waals surface area (Å²) in [6.45, 7) is 7.64. The minimum absolute atomic E-state index is 0.289. The van der Waals surface area contributed by atoms with E-state index in [0.717, 1.165) is 25.4 Å². The van der Waals surface area contributed by atoms with Crippen molar-refractivity contribution in [3.8, 4) is 0 Å². The van der Waals surface area contributed by atoms with Crippen LogP contribution in [0.1, 0.15) is 78.1 Å². The summed E-state index contributed by atoms with van der Waals surface area (Å²) < 4.78 is 4.60. The van der Waals surface area contributed by atoms with Crippen LogP contribution in [-0.2, 0) is 29.4 Å². The van der Waals surface area contributed by atoms with Crippen LogP contribution in [0.25, 0.3) is 0 Å². The van der Waals surface area contributed by atoms with Crippen LogP contribution in [-0.4, -0.2) is 12.6 Å². The summed E-state index contributed by atoms with van der Waals surface area (Å²) in [7, 11) is 0. The van der Waals surface area contributed by atoms with Crippen LogP contribution in [0, 0.1) is 0 Å². The lowest BCUT2D eigenvalue weighted by atomic mass is 10.1. The van der Waals surface area contributed by atoms with E-state index in [2.05, 4.69) is 33.2 Å². The zero-order chi connectivity index (χ0) is 17.9. The number of ether oxygens (including phenoxy) is 1. The predicted molar refractivity (Wildman–Crippen MR) is 91.1 cm³/mol. The maximum Gasteiger partial charge on any atom is 0.338 e. The molecule has 140 valence electrons. The Bertz CT molecular complexity index is 340. The van der Waals surface area contributed by atoms with Crippen molar-refractivity contribution in [2.75, 3.05) is 6.61 Å². The first-order valence-electron chi connectivity index (χ1n) is 8.81. The van der Waals surface area contributed by atoms with E-state index in [1.165, 1.54) is 58.3 Å². The Morgan fingerprint density at radius 2 is 1.46 bits per heavy atom. The van der Waals surface area contributed by atoms with E-state index >= 15 is 0 Å². The SMILES string of the molecule is C=C(C)C(=O)OC=COOOOCCCCCCCCCCCC. The topological polar surface area (TPSA) is 63.2 Å². The second-order valence-corrected chi connectivity index (χ2v) is 5.69. The van der Waals surface area contributed by atoms with Crippen LogP contribution in [0.3, 0.4) is 0 Å². The second-order valence-electron chi connectivity index (χ2n) is 5.69. The highest BCUT2D eigenvalue weighted by Gasteiger charge is 1.99. The molecule has 0 unspecified atom stereocenters. The molecule has 0 radical (unpaired) electrons. The van der Waals surface area contributed by atoms with E-state index in [1.807, 2.05) is 0 Å². The fraction of sp³-hybridized carbons (Fsp3) is 0.722. The number of esters is 1. The van der Waals surface area contributed by atoms with Gasteiger partial charge in [-0.25, -0.2) is 9.68 Å². The molecule has 0 amide bonds. The van der Waals surface area contributed by atoms with Gasteiger partial charge < -0.3 is 9.62 Å². The van der Waals surface area contributed by atoms with Gasteiger partial charge in [0.1, 0.15) is 6.26 Å². The molecule has 0 heterocycles. The van der Waals surface area contributed by atoms with Crippen LogP contribution in [0.5, 0.6) is 0 Å². The molecule has 0 saturated heterocycles. The third kappa shape index (κ3) is 17.0. The molecule has 24 heavy (non-hydrogen) atoms. The van der Waals surface area contributed by atoms with Crippen molar-refractivity contribution in [2.45, 2.75) is 78.1 Å². The van der Waals surface area contributed by atoms with E-state index in [-0.39, 0.29) is 5.57 Å². The number of carbonyl (C=O) groups excluding carboxylic acids is 1. The van der Waals surface area contributed by atoms with E-state index < -0.39 is 5.97 Å². The lowest BCUT2D eigenvalue weighted by molar-refractivity contribution is -0.621. The molecular formula is C18H32O6. The summed E-state index contributed by atoms with van der Waals surface area (Å²) in [5.74, 6) is -0.548. The van der Waals surface area contributed by atoms with Gasteiger partial charge in [0.2, 0.25) is 0 Å². The lowest BCUT2D eigenvalue weighted by Crippen LogP contribution is -2.00. The Kier molecular flexibility index (Phi) is 16.9. The zero-order valence-corrected chi connectivity index (χ0v) is 15.1. The van der Waals surface area contributed by atoms with Gasteiger partial charge in [-0.3, -0.25) is 0 Å². The van der Waals surface area contributed by atoms with Gasteiger partial charge in [-0.05, 0) is 18.4 Å². The van der Waals surface area contributed by atoms with Crippen molar-refractivity contribution in [3.05, 3.63) is 24.7 Å². The van der Waals surface area contributed by atoms with E-state index in [9.17, 15) is 4.79 Å². The molecule has 0 atom stereocenters. The van der Waals surface area contributed by atoms with Crippen LogP contribution in [0.4, 0.5) is 0 Å². The largest absolute Gasteiger partial charge is 0.428 e. The fourth-order valence-electron chi connectivity index (χ4n) is 1.95. The molecule has 0 aromatic rings. The van der Waals surface area contributed by atoms with Gasteiger partial charge in [0, 0.05) is 10.6 Å². The molecule has 0 fully saturated rings. The van der Waals surface area contributed by atoms with Gasteiger partial charge in [0.25, 0.3) is 0 Å². The number of hydrogen-bond acceptors (Lipinski definition) is 6. The molecular weight excluding hydrogens is 312 g/mol. The predicted octanol–water partition coefficient (Wildman–Crippen LogP) is 5.31. The first kappa shape index (κ1) is 22.6. The van der Waals surface area contributed by atoms with Gasteiger partial charge in [-0.1, -0.05) is 71.3 Å². The Morgan fingerprint density at radius 3 is 2.04 bits per heavy atom. The van der Waals surface area contributed by atoms with Gasteiger partial charge in [-0.15, -0.1) is 0 Å². The van der Waals surface area contributed by atoms with Crippen molar-refractivity contribution in [1.82, 2.24) is 0 Å². The maximum atomic E-state index is 11.0. The monoisotopic (exact) mass is 344 g/mol. The van der Waals surface area contributed by atoms with Gasteiger partial charge in [0.05, 0.1) is 6.61 Å². The molecule has 0 aliphatic rings. The molecule has 0 aliphatic carbocycles. The number of rotatable bonds is 17.